The Kier molecular flexibility index (Phi) is 5.88. The first-order chi connectivity index (χ1) is 12.5. The van der Waals surface area contributed by atoms with E-state index in [9.17, 15) is 14.4 Å². The fraction of sp³-hybridized carbons (Fsp3) is 0.421. The van der Waals surface area contributed by atoms with Gasteiger partial charge in [-0.3, -0.25) is 10.1 Å². The van der Waals surface area contributed by atoms with Gasteiger partial charge in [0.15, 0.2) is 6.10 Å². The summed E-state index contributed by atoms with van der Waals surface area (Å²) in [5, 5.41) is 6.00. The van der Waals surface area contributed by atoms with Gasteiger partial charge < -0.3 is 10.1 Å². The molecule has 1 atom stereocenters. The average Bonchev–Trinajstić information content (AvgIpc) is 3.06. The highest BCUT2D eigenvalue weighted by Crippen LogP contribution is 2.26. The zero-order chi connectivity index (χ0) is 18.5. The summed E-state index contributed by atoms with van der Waals surface area (Å²) >= 11 is 1.31. The molecule has 0 unspecified atom stereocenters. The van der Waals surface area contributed by atoms with Gasteiger partial charge in [-0.1, -0.05) is 37.5 Å². The van der Waals surface area contributed by atoms with Gasteiger partial charge in [-0.15, -0.1) is 11.3 Å². The first-order valence-electron chi connectivity index (χ1n) is 8.84. The quantitative estimate of drug-likeness (QED) is 0.801. The summed E-state index contributed by atoms with van der Waals surface area (Å²) in [5.41, 5.74) is 0. The smallest absolute Gasteiger partial charge is 0.349 e. The number of benzene rings is 1. The zero-order valence-corrected chi connectivity index (χ0v) is 15.4. The van der Waals surface area contributed by atoms with E-state index < -0.39 is 24.0 Å². The Morgan fingerprint density at radius 3 is 2.62 bits per heavy atom. The molecule has 1 fully saturated rings. The number of rotatable bonds is 4. The van der Waals surface area contributed by atoms with Crippen molar-refractivity contribution < 1.29 is 19.1 Å². The summed E-state index contributed by atoms with van der Waals surface area (Å²) in [6.45, 7) is 1.45. The van der Waals surface area contributed by atoms with Gasteiger partial charge in [0.1, 0.15) is 4.88 Å². The number of nitrogens with one attached hydrogen (secondary N) is 2. The minimum atomic E-state index is -1.05. The third-order valence-electron chi connectivity index (χ3n) is 4.46. The Hall–Kier alpha value is -2.41. The monoisotopic (exact) mass is 374 g/mol. The molecule has 0 aliphatic heterocycles. The molecule has 0 saturated heterocycles. The molecule has 1 aliphatic carbocycles. The normalized spacial score (nSPS) is 16.0. The molecule has 0 radical (unpaired) electrons. The molecule has 6 nitrogen and oxygen atoms in total. The molecule has 1 heterocycles. The van der Waals surface area contributed by atoms with Crippen LogP contribution < -0.4 is 10.6 Å². The van der Waals surface area contributed by atoms with E-state index in [1.807, 2.05) is 24.3 Å². The number of amides is 3. The number of fused-ring (bicyclic) bond motifs is 1. The third-order valence-corrected chi connectivity index (χ3v) is 5.55. The van der Waals surface area contributed by atoms with Crippen LogP contribution in [0, 0.1) is 0 Å². The molecule has 0 bridgehead atoms. The number of imide groups is 1. The molecule has 1 aliphatic rings. The summed E-state index contributed by atoms with van der Waals surface area (Å²) < 4.78 is 6.17. The second kappa shape index (κ2) is 8.31. The summed E-state index contributed by atoms with van der Waals surface area (Å²) in [5.74, 6) is -1.20. The van der Waals surface area contributed by atoms with Crippen molar-refractivity contribution in [3.8, 4) is 0 Å². The lowest BCUT2D eigenvalue weighted by molar-refractivity contribution is -0.127. The van der Waals surface area contributed by atoms with E-state index in [2.05, 4.69) is 10.6 Å². The van der Waals surface area contributed by atoms with Crippen LogP contribution in [0.25, 0.3) is 10.1 Å². The number of urea groups is 1. The van der Waals surface area contributed by atoms with E-state index in [4.69, 9.17) is 4.74 Å². The van der Waals surface area contributed by atoms with Crippen molar-refractivity contribution in [2.24, 2.45) is 0 Å². The highest BCUT2D eigenvalue weighted by molar-refractivity contribution is 7.20. The maximum absolute atomic E-state index is 12.2. The fourth-order valence-corrected chi connectivity index (χ4v) is 3.98. The van der Waals surface area contributed by atoms with Gasteiger partial charge in [-0.2, -0.15) is 0 Å². The molecule has 1 aromatic carbocycles. The Morgan fingerprint density at radius 2 is 1.88 bits per heavy atom. The van der Waals surface area contributed by atoms with Gasteiger partial charge in [0.05, 0.1) is 0 Å². The van der Waals surface area contributed by atoms with E-state index >= 15 is 0 Å². The minimum Gasteiger partial charge on any atom is -0.448 e. The first kappa shape index (κ1) is 18.4. The Bertz CT molecular complexity index is 778. The van der Waals surface area contributed by atoms with Gasteiger partial charge >= 0.3 is 12.0 Å². The van der Waals surface area contributed by atoms with Gasteiger partial charge in [-0.25, -0.2) is 9.59 Å². The Labute approximate surface area is 155 Å². The number of ether oxygens (including phenoxy) is 1. The lowest BCUT2D eigenvalue weighted by Gasteiger charge is -2.23. The van der Waals surface area contributed by atoms with E-state index in [0.717, 1.165) is 35.8 Å². The lowest BCUT2D eigenvalue weighted by Crippen LogP contribution is -2.48. The Balaban J connectivity index is 1.51. The summed E-state index contributed by atoms with van der Waals surface area (Å²) in [7, 11) is 0. The van der Waals surface area contributed by atoms with Crippen molar-refractivity contribution >= 4 is 39.3 Å². The number of thiophene rings is 1. The van der Waals surface area contributed by atoms with Crippen LogP contribution in [0.3, 0.4) is 0 Å². The number of hydrogen-bond donors (Lipinski definition) is 2. The second-order valence-corrected chi connectivity index (χ2v) is 7.58. The Morgan fingerprint density at radius 1 is 1.15 bits per heavy atom. The van der Waals surface area contributed by atoms with Crippen molar-refractivity contribution in [1.29, 1.82) is 0 Å². The molecule has 2 aromatic rings. The maximum atomic E-state index is 12.2. The number of esters is 1. The maximum Gasteiger partial charge on any atom is 0.349 e. The number of hydrogen-bond acceptors (Lipinski definition) is 5. The van der Waals surface area contributed by atoms with Crippen LogP contribution in [0.4, 0.5) is 4.79 Å². The van der Waals surface area contributed by atoms with Gasteiger partial charge in [0.25, 0.3) is 5.91 Å². The number of carbonyl (C=O) groups excluding carboxylic acids is 3. The van der Waals surface area contributed by atoms with Crippen LogP contribution in [0.2, 0.25) is 0 Å². The molecule has 3 amide bonds. The van der Waals surface area contributed by atoms with Gasteiger partial charge in [-0.05, 0) is 37.3 Å². The van der Waals surface area contributed by atoms with Crippen LogP contribution >= 0.6 is 11.3 Å². The van der Waals surface area contributed by atoms with Crippen molar-refractivity contribution in [2.45, 2.75) is 51.2 Å². The largest absolute Gasteiger partial charge is 0.448 e. The summed E-state index contributed by atoms with van der Waals surface area (Å²) in [6, 6.07) is 8.93. The van der Waals surface area contributed by atoms with Crippen molar-refractivity contribution in [3.63, 3.8) is 0 Å². The van der Waals surface area contributed by atoms with Crippen LogP contribution in [-0.4, -0.2) is 30.1 Å². The molecule has 3 rings (SSSR count). The van der Waals surface area contributed by atoms with Gasteiger partial charge in [0, 0.05) is 10.7 Å². The molecule has 1 saturated carbocycles. The summed E-state index contributed by atoms with van der Waals surface area (Å²) in [4.78, 5) is 36.7. The molecule has 2 N–H and O–H groups in total. The zero-order valence-electron chi connectivity index (χ0n) is 14.6. The van der Waals surface area contributed by atoms with Crippen molar-refractivity contribution in [2.75, 3.05) is 0 Å². The topological polar surface area (TPSA) is 84.5 Å². The molecular weight excluding hydrogens is 352 g/mol. The molecule has 26 heavy (non-hydrogen) atoms. The highest BCUT2D eigenvalue weighted by atomic mass is 32.1. The van der Waals surface area contributed by atoms with E-state index in [0.29, 0.717) is 4.88 Å². The molecule has 7 heteroatoms. The predicted molar refractivity (Wildman–Crippen MR) is 100 cm³/mol. The standard InChI is InChI=1S/C19H22N2O4S/c1-12(17(22)21-19(24)20-14-8-3-2-4-9-14)25-18(23)16-11-13-7-5-6-10-15(13)26-16/h5-7,10-12,14H,2-4,8-9H2,1H3,(H2,20,21,22,24)/t12-/m0/s1. The van der Waals surface area contributed by atoms with Crippen LogP contribution in [-0.2, 0) is 9.53 Å². The van der Waals surface area contributed by atoms with Crippen molar-refractivity contribution in [3.05, 3.63) is 35.2 Å². The van der Waals surface area contributed by atoms with Crippen LogP contribution in [0.15, 0.2) is 30.3 Å². The SMILES string of the molecule is C[C@H](OC(=O)c1cc2ccccc2s1)C(=O)NC(=O)NC1CCCCC1. The molecule has 138 valence electrons. The van der Waals surface area contributed by atoms with E-state index in [-0.39, 0.29) is 6.04 Å². The van der Waals surface area contributed by atoms with Crippen LogP contribution in [0.5, 0.6) is 0 Å². The molecule has 0 spiro atoms. The fourth-order valence-electron chi connectivity index (χ4n) is 3.04. The highest BCUT2D eigenvalue weighted by Gasteiger charge is 2.23. The average molecular weight is 374 g/mol. The van der Waals surface area contributed by atoms with Crippen molar-refractivity contribution in [1.82, 2.24) is 10.6 Å². The number of carbonyl (C=O) groups is 3. The molecule has 1 aromatic heterocycles. The second-order valence-electron chi connectivity index (χ2n) is 6.49. The van der Waals surface area contributed by atoms with E-state index in [1.165, 1.54) is 24.7 Å². The van der Waals surface area contributed by atoms with E-state index in [1.54, 1.807) is 6.07 Å². The molecular formula is C19H22N2O4S. The van der Waals surface area contributed by atoms with Gasteiger partial charge in [0.2, 0.25) is 0 Å². The first-order valence-corrected chi connectivity index (χ1v) is 9.65. The summed E-state index contributed by atoms with van der Waals surface area (Å²) in [6.07, 6.45) is 4.16. The minimum absolute atomic E-state index is 0.105. The lowest BCUT2D eigenvalue weighted by atomic mass is 9.96. The predicted octanol–water partition coefficient (Wildman–Crippen LogP) is 3.61. The third kappa shape index (κ3) is 4.60. The van der Waals surface area contributed by atoms with Crippen LogP contribution in [0.1, 0.15) is 48.7 Å².